The molecule has 0 aliphatic rings. The Morgan fingerprint density at radius 1 is 0.889 bits per heavy atom. The minimum absolute atomic E-state index is 0.458. The molecule has 0 aliphatic carbocycles. The van der Waals surface area contributed by atoms with Gasteiger partial charge in [-0.2, -0.15) is 4.98 Å². The fraction of sp³-hybridized carbons (Fsp3) is 0.200. The van der Waals surface area contributed by atoms with E-state index in [9.17, 15) is 0 Å². The molecule has 1 aromatic heterocycles. The Labute approximate surface area is 163 Å². The first-order valence-corrected chi connectivity index (χ1v) is 8.74. The molecule has 0 atom stereocenters. The molecule has 0 bridgehead atoms. The number of hydrogen-bond acceptors (Lipinski definition) is 6. The van der Waals surface area contributed by atoms with Gasteiger partial charge in [0, 0.05) is 28.5 Å². The van der Waals surface area contributed by atoms with Crippen molar-refractivity contribution >= 4 is 34.7 Å². The van der Waals surface area contributed by atoms with E-state index in [0.717, 1.165) is 22.6 Å². The molecule has 0 unspecified atom stereocenters. The van der Waals surface area contributed by atoms with Crippen molar-refractivity contribution in [3.05, 3.63) is 58.7 Å². The number of ether oxygens (including phenoxy) is 2. The summed E-state index contributed by atoms with van der Waals surface area (Å²) in [6.07, 6.45) is 0. The number of halogens is 1. The Morgan fingerprint density at radius 2 is 1.70 bits per heavy atom. The Kier molecular flexibility index (Phi) is 5.66. The molecule has 7 heteroatoms. The van der Waals surface area contributed by atoms with Crippen molar-refractivity contribution in [3.8, 4) is 11.5 Å². The van der Waals surface area contributed by atoms with Crippen LogP contribution >= 0.6 is 11.6 Å². The number of methoxy groups -OCH3 is 2. The van der Waals surface area contributed by atoms with Crippen LogP contribution < -0.4 is 20.1 Å². The van der Waals surface area contributed by atoms with Crippen LogP contribution in [0.3, 0.4) is 0 Å². The van der Waals surface area contributed by atoms with Crippen molar-refractivity contribution in [2.24, 2.45) is 0 Å². The van der Waals surface area contributed by atoms with Crippen molar-refractivity contribution in [3.63, 3.8) is 0 Å². The number of hydrogen-bond donors (Lipinski definition) is 2. The highest BCUT2D eigenvalue weighted by molar-refractivity contribution is 6.31. The lowest BCUT2D eigenvalue weighted by molar-refractivity contribution is 0.395. The molecule has 0 saturated carbocycles. The molecule has 0 spiro atoms. The molecule has 6 nitrogen and oxygen atoms in total. The van der Waals surface area contributed by atoms with Gasteiger partial charge in [-0.15, -0.1) is 0 Å². The lowest BCUT2D eigenvalue weighted by Gasteiger charge is -2.13. The summed E-state index contributed by atoms with van der Waals surface area (Å²) in [5, 5.41) is 7.15. The third-order valence-electron chi connectivity index (χ3n) is 3.95. The summed E-state index contributed by atoms with van der Waals surface area (Å²) in [5.41, 5.74) is 3.45. The Bertz CT molecular complexity index is 963. The van der Waals surface area contributed by atoms with Crippen LogP contribution in [0.1, 0.15) is 11.3 Å². The number of anilines is 4. The van der Waals surface area contributed by atoms with Crippen molar-refractivity contribution in [1.82, 2.24) is 9.97 Å². The van der Waals surface area contributed by atoms with Crippen LogP contribution in [0.2, 0.25) is 5.02 Å². The average molecular weight is 385 g/mol. The van der Waals surface area contributed by atoms with Gasteiger partial charge in [0.05, 0.1) is 19.9 Å². The fourth-order valence-corrected chi connectivity index (χ4v) is 2.71. The van der Waals surface area contributed by atoms with Crippen LogP contribution in [0.25, 0.3) is 0 Å². The zero-order valence-electron chi connectivity index (χ0n) is 15.6. The normalized spacial score (nSPS) is 10.4. The molecule has 0 aliphatic heterocycles. The summed E-state index contributed by atoms with van der Waals surface area (Å²) in [6, 6.07) is 13.1. The molecule has 0 amide bonds. The van der Waals surface area contributed by atoms with Gasteiger partial charge < -0.3 is 20.1 Å². The Hall–Kier alpha value is -2.99. The molecule has 0 saturated heterocycles. The van der Waals surface area contributed by atoms with E-state index in [4.69, 9.17) is 21.1 Å². The van der Waals surface area contributed by atoms with Gasteiger partial charge in [-0.3, -0.25) is 0 Å². The van der Waals surface area contributed by atoms with Crippen molar-refractivity contribution < 1.29 is 9.47 Å². The minimum Gasteiger partial charge on any atom is -0.497 e. The van der Waals surface area contributed by atoms with Gasteiger partial charge in [0.15, 0.2) is 0 Å². The van der Waals surface area contributed by atoms with Gasteiger partial charge in [-0.25, -0.2) is 4.98 Å². The van der Waals surface area contributed by atoms with E-state index in [-0.39, 0.29) is 0 Å². The minimum atomic E-state index is 0.458. The first-order chi connectivity index (χ1) is 13.0. The van der Waals surface area contributed by atoms with Gasteiger partial charge in [0.2, 0.25) is 5.95 Å². The molecular weight excluding hydrogens is 364 g/mol. The zero-order valence-corrected chi connectivity index (χ0v) is 16.4. The second-order valence-electron chi connectivity index (χ2n) is 6.00. The van der Waals surface area contributed by atoms with E-state index in [2.05, 4.69) is 20.6 Å². The quantitative estimate of drug-likeness (QED) is 0.604. The van der Waals surface area contributed by atoms with Crippen molar-refractivity contribution in [2.75, 3.05) is 24.9 Å². The number of aromatic nitrogens is 2. The number of nitrogens with one attached hydrogen (secondary N) is 2. The van der Waals surface area contributed by atoms with Gasteiger partial charge in [-0.1, -0.05) is 17.7 Å². The fourth-order valence-electron chi connectivity index (χ4n) is 2.53. The monoisotopic (exact) mass is 384 g/mol. The summed E-state index contributed by atoms with van der Waals surface area (Å²) in [5.74, 6) is 2.47. The molecule has 2 aromatic carbocycles. The molecular formula is C20H21ClN4O2. The third-order valence-corrected chi connectivity index (χ3v) is 4.36. The van der Waals surface area contributed by atoms with Crippen molar-refractivity contribution in [1.29, 1.82) is 0 Å². The Morgan fingerprint density at radius 3 is 2.41 bits per heavy atom. The number of rotatable bonds is 6. The van der Waals surface area contributed by atoms with Gasteiger partial charge in [0.25, 0.3) is 0 Å². The summed E-state index contributed by atoms with van der Waals surface area (Å²) < 4.78 is 10.6. The Balaban J connectivity index is 1.86. The molecule has 0 radical (unpaired) electrons. The van der Waals surface area contributed by atoms with Crippen LogP contribution in [0.15, 0.2) is 42.5 Å². The van der Waals surface area contributed by atoms with E-state index in [0.29, 0.717) is 28.3 Å². The van der Waals surface area contributed by atoms with Crippen molar-refractivity contribution in [2.45, 2.75) is 13.8 Å². The summed E-state index contributed by atoms with van der Waals surface area (Å²) >= 11 is 6.20. The van der Waals surface area contributed by atoms with E-state index < -0.39 is 0 Å². The largest absolute Gasteiger partial charge is 0.497 e. The van der Waals surface area contributed by atoms with Gasteiger partial charge in [0.1, 0.15) is 17.3 Å². The van der Waals surface area contributed by atoms with E-state index in [1.165, 1.54) is 0 Å². The van der Waals surface area contributed by atoms with E-state index in [1.807, 2.05) is 50.2 Å². The third kappa shape index (κ3) is 4.60. The lowest BCUT2D eigenvalue weighted by Crippen LogP contribution is -2.03. The molecule has 0 fully saturated rings. The first kappa shape index (κ1) is 18.8. The molecule has 3 aromatic rings. The lowest BCUT2D eigenvalue weighted by atomic mass is 10.2. The topological polar surface area (TPSA) is 68.3 Å². The highest BCUT2D eigenvalue weighted by Crippen LogP contribution is 2.31. The summed E-state index contributed by atoms with van der Waals surface area (Å²) in [7, 11) is 3.21. The number of nitrogens with zero attached hydrogens (tertiary/aromatic N) is 2. The standard InChI is InChI=1S/C20H21ClN4O2/c1-12-5-6-14(10-16(12)21)23-19-9-13(2)22-20(25-19)24-17-8-7-15(26-3)11-18(17)27-4/h5-11H,1-4H3,(H2,22,23,24,25). The van der Waals surface area contributed by atoms with Crippen LogP contribution in [-0.4, -0.2) is 24.2 Å². The molecule has 27 heavy (non-hydrogen) atoms. The molecule has 1 heterocycles. The smallest absolute Gasteiger partial charge is 0.229 e. The average Bonchev–Trinajstić information content (AvgIpc) is 2.64. The maximum absolute atomic E-state index is 6.20. The van der Waals surface area contributed by atoms with Crippen LogP contribution in [0.5, 0.6) is 11.5 Å². The SMILES string of the molecule is COc1ccc(Nc2nc(C)cc(Nc3ccc(C)c(Cl)c3)n2)c(OC)c1. The highest BCUT2D eigenvalue weighted by atomic mass is 35.5. The second kappa shape index (κ2) is 8.14. The number of aryl methyl sites for hydroxylation is 2. The van der Waals surface area contributed by atoms with Gasteiger partial charge >= 0.3 is 0 Å². The van der Waals surface area contributed by atoms with E-state index >= 15 is 0 Å². The molecule has 2 N–H and O–H groups in total. The maximum atomic E-state index is 6.20. The summed E-state index contributed by atoms with van der Waals surface area (Å²) in [4.78, 5) is 8.98. The first-order valence-electron chi connectivity index (χ1n) is 8.36. The van der Waals surface area contributed by atoms with Crippen LogP contribution in [-0.2, 0) is 0 Å². The van der Waals surface area contributed by atoms with Crippen LogP contribution in [0, 0.1) is 13.8 Å². The number of benzene rings is 2. The molecule has 140 valence electrons. The predicted octanol–water partition coefficient (Wildman–Crippen LogP) is 5.25. The second-order valence-corrected chi connectivity index (χ2v) is 6.41. The maximum Gasteiger partial charge on any atom is 0.229 e. The zero-order chi connectivity index (χ0) is 19.4. The van der Waals surface area contributed by atoms with E-state index in [1.54, 1.807) is 20.3 Å². The summed E-state index contributed by atoms with van der Waals surface area (Å²) in [6.45, 7) is 3.87. The predicted molar refractivity (Wildman–Crippen MR) is 109 cm³/mol. The van der Waals surface area contributed by atoms with Crippen LogP contribution in [0.4, 0.5) is 23.1 Å². The molecule has 3 rings (SSSR count). The highest BCUT2D eigenvalue weighted by Gasteiger charge is 2.09. The van der Waals surface area contributed by atoms with Gasteiger partial charge in [-0.05, 0) is 43.7 Å².